The largest absolute Gasteiger partial charge is 0.375 e. The Morgan fingerprint density at radius 3 is 2.81 bits per heavy atom. The van der Waals surface area contributed by atoms with Gasteiger partial charge in [-0.1, -0.05) is 0 Å². The fourth-order valence-corrected chi connectivity index (χ4v) is 2.42. The maximum absolute atomic E-state index is 11.7. The molecule has 0 fully saturated rings. The highest BCUT2D eigenvalue weighted by Crippen LogP contribution is 2.26. The fraction of sp³-hybridized carbons (Fsp3) is 0.118. The number of nitrogens with zero attached hydrogens (tertiary/aromatic N) is 4. The van der Waals surface area contributed by atoms with Crippen molar-refractivity contribution in [3.63, 3.8) is 0 Å². The van der Waals surface area contributed by atoms with Gasteiger partial charge in [-0.25, -0.2) is 9.97 Å². The summed E-state index contributed by atoms with van der Waals surface area (Å²) in [7, 11) is 1.47. The third kappa shape index (κ3) is 3.66. The van der Waals surface area contributed by atoms with Crippen molar-refractivity contribution in [2.75, 3.05) is 12.4 Å². The van der Waals surface area contributed by atoms with Crippen LogP contribution < -0.4 is 10.6 Å². The van der Waals surface area contributed by atoms with Crippen molar-refractivity contribution in [3.05, 3.63) is 76.5 Å². The molecule has 1 amide bonds. The monoisotopic (exact) mass is 352 g/mol. The minimum absolute atomic E-state index is 0.157. The van der Waals surface area contributed by atoms with Crippen LogP contribution in [-0.2, 0) is 6.54 Å². The number of benzene rings is 1. The highest BCUT2D eigenvalue weighted by molar-refractivity contribution is 5.95. The van der Waals surface area contributed by atoms with Crippen LogP contribution in [0.25, 0.3) is 5.82 Å². The minimum Gasteiger partial charge on any atom is -0.375 e. The molecule has 0 radical (unpaired) electrons. The highest BCUT2D eigenvalue weighted by atomic mass is 16.6. The van der Waals surface area contributed by atoms with E-state index in [-0.39, 0.29) is 17.2 Å². The molecule has 0 aliphatic heterocycles. The van der Waals surface area contributed by atoms with Gasteiger partial charge in [-0.15, -0.1) is 0 Å². The molecular formula is C17H16N6O3. The van der Waals surface area contributed by atoms with Crippen molar-refractivity contribution in [2.24, 2.45) is 0 Å². The Kier molecular flexibility index (Phi) is 4.88. The number of imidazole rings is 1. The first kappa shape index (κ1) is 17.1. The summed E-state index contributed by atoms with van der Waals surface area (Å²) in [4.78, 5) is 30.7. The molecule has 26 heavy (non-hydrogen) atoms. The van der Waals surface area contributed by atoms with Crippen LogP contribution >= 0.6 is 0 Å². The SMILES string of the molecule is CNC(=O)c1ccc(NCc2ccnc(-n3ccnc3)c2)c([N+](=O)[O-])c1. The smallest absolute Gasteiger partial charge is 0.293 e. The molecule has 0 aliphatic carbocycles. The van der Waals surface area contributed by atoms with E-state index in [9.17, 15) is 14.9 Å². The number of nitro groups is 1. The normalized spacial score (nSPS) is 10.3. The van der Waals surface area contributed by atoms with Gasteiger partial charge in [-0.2, -0.15) is 0 Å². The molecule has 1 aromatic carbocycles. The average molecular weight is 352 g/mol. The lowest BCUT2D eigenvalue weighted by Crippen LogP contribution is -2.18. The second-order valence-corrected chi connectivity index (χ2v) is 5.41. The second kappa shape index (κ2) is 7.43. The van der Waals surface area contributed by atoms with E-state index in [4.69, 9.17) is 0 Å². The van der Waals surface area contributed by atoms with E-state index in [0.717, 1.165) is 5.56 Å². The van der Waals surface area contributed by atoms with Gasteiger partial charge in [0.2, 0.25) is 0 Å². The number of anilines is 1. The zero-order valence-corrected chi connectivity index (χ0v) is 13.9. The summed E-state index contributed by atoms with van der Waals surface area (Å²) in [5.74, 6) is 0.324. The van der Waals surface area contributed by atoms with Gasteiger partial charge in [0, 0.05) is 43.8 Å². The van der Waals surface area contributed by atoms with Gasteiger partial charge >= 0.3 is 0 Å². The van der Waals surface area contributed by atoms with Gasteiger partial charge in [-0.3, -0.25) is 19.5 Å². The lowest BCUT2D eigenvalue weighted by atomic mass is 10.1. The first-order valence-electron chi connectivity index (χ1n) is 7.76. The Hall–Kier alpha value is -3.75. The summed E-state index contributed by atoms with van der Waals surface area (Å²) in [6, 6.07) is 8.00. The topological polar surface area (TPSA) is 115 Å². The number of rotatable bonds is 6. The molecule has 132 valence electrons. The zero-order valence-electron chi connectivity index (χ0n) is 13.9. The average Bonchev–Trinajstić information content (AvgIpc) is 3.20. The lowest BCUT2D eigenvalue weighted by molar-refractivity contribution is -0.384. The number of amides is 1. The van der Waals surface area contributed by atoms with Crippen molar-refractivity contribution in [1.82, 2.24) is 19.9 Å². The van der Waals surface area contributed by atoms with Gasteiger partial charge in [0.1, 0.15) is 17.8 Å². The first-order valence-corrected chi connectivity index (χ1v) is 7.76. The van der Waals surface area contributed by atoms with Crippen LogP contribution in [0.5, 0.6) is 0 Å². The summed E-state index contributed by atoms with van der Waals surface area (Å²) in [5.41, 5.74) is 1.31. The molecule has 9 heteroatoms. The maximum atomic E-state index is 11.7. The summed E-state index contributed by atoms with van der Waals surface area (Å²) in [6.45, 7) is 0.365. The summed E-state index contributed by atoms with van der Waals surface area (Å²) < 4.78 is 1.77. The number of carbonyl (C=O) groups excluding carboxylic acids is 1. The van der Waals surface area contributed by atoms with Gasteiger partial charge in [0.25, 0.3) is 11.6 Å². The van der Waals surface area contributed by atoms with Gasteiger partial charge < -0.3 is 10.6 Å². The number of hydrogen-bond acceptors (Lipinski definition) is 6. The second-order valence-electron chi connectivity index (χ2n) is 5.41. The predicted octanol–water partition coefficient (Wildman–Crippen LogP) is 2.15. The zero-order chi connectivity index (χ0) is 18.5. The summed E-state index contributed by atoms with van der Waals surface area (Å²) in [5, 5.41) is 16.8. The molecule has 0 unspecified atom stereocenters. The summed E-state index contributed by atoms with van der Waals surface area (Å²) >= 11 is 0. The molecule has 0 saturated heterocycles. The van der Waals surface area contributed by atoms with Crippen molar-refractivity contribution < 1.29 is 9.72 Å². The van der Waals surface area contributed by atoms with Crippen LogP contribution in [0.2, 0.25) is 0 Å². The molecular weight excluding hydrogens is 336 g/mol. The van der Waals surface area contributed by atoms with Crippen LogP contribution in [0, 0.1) is 10.1 Å². The Morgan fingerprint density at radius 2 is 2.12 bits per heavy atom. The molecule has 3 rings (SSSR count). The van der Waals surface area contributed by atoms with Crippen LogP contribution in [-0.4, -0.2) is 32.4 Å². The summed E-state index contributed by atoms with van der Waals surface area (Å²) in [6.07, 6.45) is 6.74. The number of hydrogen-bond donors (Lipinski definition) is 2. The number of nitro benzene ring substituents is 1. The fourth-order valence-electron chi connectivity index (χ4n) is 2.42. The van der Waals surface area contributed by atoms with Crippen molar-refractivity contribution in [1.29, 1.82) is 0 Å². The van der Waals surface area contributed by atoms with Gasteiger partial charge in [0.15, 0.2) is 0 Å². The van der Waals surface area contributed by atoms with E-state index in [2.05, 4.69) is 20.6 Å². The molecule has 0 saturated carbocycles. The standard InChI is InChI=1S/C17H16N6O3/c1-18-17(24)13-2-3-14(15(9-13)23(25)26)21-10-12-4-5-20-16(8-12)22-7-6-19-11-22/h2-9,11,21H,10H2,1H3,(H,18,24). The Balaban J connectivity index is 1.80. The van der Waals surface area contributed by atoms with E-state index in [1.54, 1.807) is 29.5 Å². The number of carbonyl (C=O) groups is 1. The number of nitrogens with one attached hydrogen (secondary N) is 2. The van der Waals surface area contributed by atoms with Crippen molar-refractivity contribution in [3.8, 4) is 5.82 Å². The molecule has 0 aliphatic rings. The Morgan fingerprint density at radius 1 is 1.27 bits per heavy atom. The lowest BCUT2D eigenvalue weighted by Gasteiger charge is -2.09. The number of pyridine rings is 1. The molecule has 3 aromatic rings. The van der Waals surface area contributed by atoms with E-state index in [1.165, 1.54) is 25.2 Å². The Labute approximate surface area is 148 Å². The third-order valence-corrected chi connectivity index (χ3v) is 3.75. The molecule has 0 atom stereocenters. The molecule has 2 N–H and O–H groups in total. The van der Waals surface area contributed by atoms with E-state index in [1.807, 2.05) is 12.1 Å². The van der Waals surface area contributed by atoms with Gasteiger partial charge in [-0.05, 0) is 29.8 Å². The van der Waals surface area contributed by atoms with Crippen LogP contribution in [0.1, 0.15) is 15.9 Å². The van der Waals surface area contributed by atoms with Crippen LogP contribution in [0.4, 0.5) is 11.4 Å². The predicted molar refractivity (Wildman–Crippen MR) is 95.2 cm³/mol. The first-order chi connectivity index (χ1) is 12.6. The molecule has 2 aromatic heterocycles. The molecule has 0 bridgehead atoms. The highest BCUT2D eigenvalue weighted by Gasteiger charge is 2.17. The van der Waals surface area contributed by atoms with Gasteiger partial charge in [0.05, 0.1) is 4.92 Å². The third-order valence-electron chi connectivity index (χ3n) is 3.75. The van der Waals surface area contributed by atoms with E-state index < -0.39 is 4.92 Å². The van der Waals surface area contributed by atoms with Crippen molar-refractivity contribution in [2.45, 2.75) is 6.54 Å². The van der Waals surface area contributed by atoms with Crippen LogP contribution in [0.3, 0.4) is 0 Å². The Bertz CT molecular complexity index is 939. The van der Waals surface area contributed by atoms with E-state index >= 15 is 0 Å². The van der Waals surface area contributed by atoms with E-state index in [0.29, 0.717) is 18.1 Å². The quantitative estimate of drug-likeness (QED) is 0.519. The van der Waals surface area contributed by atoms with Crippen molar-refractivity contribution >= 4 is 17.3 Å². The molecule has 9 nitrogen and oxygen atoms in total. The molecule has 0 spiro atoms. The number of aromatic nitrogens is 3. The van der Waals surface area contributed by atoms with Crippen LogP contribution in [0.15, 0.2) is 55.2 Å². The molecule has 2 heterocycles. The maximum Gasteiger partial charge on any atom is 0.293 e. The minimum atomic E-state index is -0.516.